The highest BCUT2D eigenvalue weighted by Gasteiger charge is 2.38. The van der Waals surface area contributed by atoms with Crippen molar-refractivity contribution in [3.05, 3.63) is 46.7 Å². The summed E-state index contributed by atoms with van der Waals surface area (Å²) in [5.74, 6) is 0.208. The van der Waals surface area contributed by atoms with E-state index in [1.165, 1.54) is 6.42 Å². The minimum Gasteiger partial charge on any atom is -0.338 e. The normalized spacial score (nSPS) is 20.1. The monoisotopic (exact) mass is 326 g/mol. The van der Waals surface area contributed by atoms with Crippen LogP contribution in [0.1, 0.15) is 28.9 Å². The summed E-state index contributed by atoms with van der Waals surface area (Å²) in [6, 6.07) is 12.3. The SMILES string of the molecule is O=C(c1sccc1-c1ccccc1)N1CCC2(CCNC2)CC1. The van der Waals surface area contributed by atoms with Crippen molar-refractivity contribution in [1.82, 2.24) is 10.2 Å². The summed E-state index contributed by atoms with van der Waals surface area (Å²) < 4.78 is 0. The van der Waals surface area contributed by atoms with Crippen LogP contribution in [-0.2, 0) is 0 Å². The van der Waals surface area contributed by atoms with Crippen molar-refractivity contribution in [3.63, 3.8) is 0 Å². The predicted octanol–water partition coefficient (Wildman–Crippen LogP) is 3.63. The quantitative estimate of drug-likeness (QED) is 0.914. The van der Waals surface area contributed by atoms with Gasteiger partial charge >= 0.3 is 0 Å². The van der Waals surface area contributed by atoms with Gasteiger partial charge in [0.25, 0.3) is 5.91 Å². The largest absolute Gasteiger partial charge is 0.338 e. The Morgan fingerprint density at radius 3 is 2.57 bits per heavy atom. The van der Waals surface area contributed by atoms with Gasteiger partial charge in [-0.25, -0.2) is 0 Å². The third-order valence-electron chi connectivity index (χ3n) is 5.39. The molecule has 1 aromatic carbocycles. The number of piperidine rings is 1. The van der Waals surface area contributed by atoms with E-state index in [0.29, 0.717) is 5.41 Å². The third kappa shape index (κ3) is 2.81. The summed E-state index contributed by atoms with van der Waals surface area (Å²) in [7, 11) is 0. The number of nitrogens with zero attached hydrogens (tertiary/aromatic N) is 1. The van der Waals surface area contributed by atoms with Crippen LogP contribution in [0.3, 0.4) is 0 Å². The Bertz CT molecular complexity index is 678. The number of amides is 1. The van der Waals surface area contributed by atoms with Crippen LogP contribution >= 0.6 is 11.3 Å². The molecule has 2 aromatic rings. The van der Waals surface area contributed by atoms with E-state index < -0.39 is 0 Å². The van der Waals surface area contributed by atoms with Gasteiger partial charge in [0.2, 0.25) is 0 Å². The number of rotatable bonds is 2. The molecule has 0 atom stereocenters. The zero-order valence-corrected chi connectivity index (χ0v) is 14.1. The zero-order valence-electron chi connectivity index (χ0n) is 13.3. The van der Waals surface area contributed by atoms with Crippen molar-refractivity contribution in [2.45, 2.75) is 19.3 Å². The Kier molecular flexibility index (Phi) is 3.95. The summed E-state index contributed by atoms with van der Waals surface area (Å²) in [4.78, 5) is 15.9. The van der Waals surface area contributed by atoms with Gasteiger partial charge in [-0.3, -0.25) is 4.79 Å². The minimum absolute atomic E-state index is 0.208. The van der Waals surface area contributed by atoms with Crippen LogP contribution in [0.15, 0.2) is 41.8 Å². The van der Waals surface area contributed by atoms with Crippen molar-refractivity contribution < 1.29 is 4.79 Å². The zero-order chi connectivity index (χ0) is 15.7. The van der Waals surface area contributed by atoms with Gasteiger partial charge in [-0.1, -0.05) is 30.3 Å². The highest BCUT2D eigenvalue weighted by Crippen LogP contribution is 2.38. The molecule has 1 amide bonds. The van der Waals surface area contributed by atoms with Gasteiger partial charge in [-0.05, 0) is 48.2 Å². The van der Waals surface area contributed by atoms with Crippen LogP contribution in [0, 0.1) is 5.41 Å². The molecule has 0 bridgehead atoms. The summed E-state index contributed by atoms with van der Waals surface area (Å²) >= 11 is 1.57. The fraction of sp³-hybridized carbons (Fsp3) is 0.421. The third-order valence-corrected chi connectivity index (χ3v) is 6.29. The molecule has 3 heterocycles. The fourth-order valence-corrected chi connectivity index (χ4v) is 4.75. The van der Waals surface area contributed by atoms with E-state index in [1.807, 2.05) is 23.6 Å². The molecule has 2 saturated heterocycles. The maximum absolute atomic E-state index is 13.0. The average Bonchev–Trinajstić information content (AvgIpc) is 3.26. The summed E-state index contributed by atoms with van der Waals surface area (Å²) in [5, 5.41) is 5.51. The Morgan fingerprint density at radius 1 is 1.09 bits per heavy atom. The Hall–Kier alpha value is -1.65. The smallest absolute Gasteiger partial charge is 0.264 e. The van der Waals surface area contributed by atoms with E-state index in [2.05, 4.69) is 28.4 Å². The molecule has 3 nitrogen and oxygen atoms in total. The molecule has 0 radical (unpaired) electrons. The van der Waals surface area contributed by atoms with Gasteiger partial charge in [0, 0.05) is 25.2 Å². The van der Waals surface area contributed by atoms with Crippen molar-refractivity contribution in [3.8, 4) is 11.1 Å². The molecular formula is C19H22N2OS. The van der Waals surface area contributed by atoms with Crippen LogP contribution in [0.5, 0.6) is 0 Å². The number of nitrogens with one attached hydrogen (secondary N) is 1. The molecule has 0 aliphatic carbocycles. The average molecular weight is 326 g/mol. The molecule has 0 saturated carbocycles. The lowest BCUT2D eigenvalue weighted by Gasteiger charge is -2.38. The molecule has 2 fully saturated rings. The molecule has 0 unspecified atom stereocenters. The first-order valence-electron chi connectivity index (χ1n) is 8.40. The number of carbonyl (C=O) groups excluding carboxylic acids is 1. The van der Waals surface area contributed by atoms with Crippen molar-refractivity contribution in [2.75, 3.05) is 26.2 Å². The lowest BCUT2D eigenvalue weighted by molar-refractivity contribution is 0.0613. The first kappa shape index (κ1) is 14.9. The van der Waals surface area contributed by atoms with E-state index in [9.17, 15) is 4.79 Å². The number of benzene rings is 1. The lowest BCUT2D eigenvalue weighted by Crippen LogP contribution is -2.43. The van der Waals surface area contributed by atoms with Crippen LogP contribution in [0.4, 0.5) is 0 Å². The van der Waals surface area contributed by atoms with Crippen molar-refractivity contribution in [1.29, 1.82) is 0 Å². The second kappa shape index (κ2) is 6.10. The van der Waals surface area contributed by atoms with Crippen LogP contribution in [0.25, 0.3) is 11.1 Å². The Balaban J connectivity index is 1.51. The topological polar surface area (TPSA) is 32.3 Å². The van der Waals surface area contributed by atoms with Gasteiger partial charge in [-0.2, -0.15) is 0 Å². The summed E-state index contributed by atoms with van der Waals surface area (Å²) in [6.45, 7) is 4.06. The molecule has 2 aliphatic rings. The standard InChI is InChI=1S/C19H22N2OS/c22-18(21-11-8-19(9-12-21)7-10-20-14-19)17-16(6-13-23-17)15-4-2-1-3-5-15/h1-6,13,20H,7-12,14H2. The number of likely N-dealkylation sites (tertiary alicyclic amines) is 1. The lowest BCUT2D eigenvalue weighted by atomic mass is 9.78. The highest BCUT2D eigenvalue weighted by molar-refractivity contribution is 7.12. The summed E-state index contributed by atoms with van der Waals surface area (Å²) in [6.07, 6.45) is 3.54. The fourth-order valence-electron chi connectivity index (χ4n) is 3.87. The first-order chi connectivity index (χ1) is 11.3. The van der Waals surface area contributed by atoms with Crippen molar-refractivity contribution in [2.24, 2.45) is 5.41 Å². The molecule has 120 valence electrons. The number of hydrogen-bond acceptors (Lipinski definition) is 3. The van der Waals surface area contributed by atoms with Crippen molar-refractivity contribution >= 4 is 17.2 Å². The maximum atomic E-state index is 13.0. The van der Waals surface area contributed by atoms with Gasteiger partial charge in [-0.15, -0.1) is 11.3 Å². The van der Waals surface area contributed by atoms with Gasteiger partial charge in [0.15, 0.2) is 0 Å². The second-order valence-corrected chi connectivity index (χ2v) is 7.66. The highest BCUT2D eigenvalue weighted by atomic mass is 32.1. The first-order valence-corrected chi connectivity index (χ1v) is 9.28. The van der Waals surface area contributed by atoms with E-state index >= 15 is 0 Å². The van der Waals surface area contributed by atoms with Crippen LogP contribution in [-0.4, -0.2) is 37.0 Å². The number of carbonyl (C=O) groups is 1. The van der Waals surface area contributed by atoms with Gasteiger partial charge in [0.05, 0.1) is 4.88 Å². The van der Waals surface area contributed by atoms with Crippen LogP contribution < -0.4 is 5.32 Å². The predicted molar refractivity (Wildman–Crippen MR) is 94.8 cm³/mol. The molecule has 23 heavy (non-hydrogen) atoms. The van der Waals surface area contributed by atoms with E-state index in [-0.39, 0.29) is 5.91 Å². The van der Waals surface area contributed by atoms with Gasteiger partial charge in [0.1, 0.15) is 0 Å². The minimum atomic E-state index is 0.208. The van der Waals surface area contributed by atoms with Gasteiger partial charge < -0.3 is 10.2 Å². The molecule has 1 spiro atoms. The Morgan fingerprint density at radius 2 is 1.87 bits per heavy atom. The number of thiophene rings is 1. The molecule has 4 rings (SSSR count). The second-order valence-electron chi connectivity index (χ2n) is 6.75. The van der Waals surface area contributed by atoms with E-state index in [0.717, 1.165) is 55.0 Å². The molecule has 2 aliphatic heterocycles. The molecule has 1 N–H and O–H groups in total. The Labute approximate surface area is 141 Å². The molecular weight excluding hydrogens is 304 g/mol. The molecule has 1 aromatic heterocycles. The van der Waals surface area contributed by atoms with E-state index in [1.54, 1.807) is 11.3 Å². The van der Waals surface area contributed by atoms with Crippen LogP contribution in [0.2, 0.25) is 0 Å². The summed E-state index contributed by atoms with van der Waals surface area (Å²) in [5.41, 5.74) is 2.66. The molecule has 4 heteroatoms. The van der Waals surface area contributed by atoms with E-state index in [4.69, 9.17) is 0 Å². The number of hydrogen-bond donors (Lipinski definition) is 1. The maximum Gasteiger partial charge on any atom is 0.264 e.